The highest BCUT2D eigenvalue weighted by Gasteiger charge is 2.09. The number of carbonyl (C=O) groups excluding carboxylic acids is 1. The SMILES string of the molecule is Cc1cccc(-c2ccc(NC(=O)C(C)Br)nc2)c1. The monoisotopic (exact) mass is 318 g/mol. The molecule has 0 spiro atoms. The number of pyridine rings is 1. The van der Waals surface area contributed by atoms with Crippen molar-refractivity contribution in [3.63, 3.8) is 0 Å². The van der Waals surface area contributed by atoms with Gasteiger partial charge in [0.15, 0.2) is 0 Å². The van der Waals surface area contributed by atoms with Crippen LogP contribution in [0.2, 0.25) is 0 Å². The summed E-state index contributed by atoms with van der Waals surface area (Å²) in [5.41, 5.74) is 3.37. The molecule has 1 heterocycles. The Labute approximate surface area is 121 Å². The Bertz CT molecular complexity index is 579. The maximum Gasteiger partial charge on any atom is 0.239 e. The number of aromatic nitrogens is 1. The lowest BCUT2D eigenvalue weighted by molar-refractivity contribution is -0.115. The fourth-order valence-corrected chi connectivity index (χ4v) is 1.80. The molecule has 0 saturated carbocycles. The Kier molecular flexibility index (Phi) is 4.32. The van der Waals surface area contributed by atoms with Crippen LogP contribution in [-0.2, 0) is 4.79 Å². The Morgan fingerprint density at radius 2 is 2.05 bits per heavy atom. The van der Waals surface area contributed by atoms with Crippen LogP contribution < -0.4 is 5.32 Å². The lowest BCUT2D eigenvalue weighted by Gasteiger charge is -2.07. The third-order valence-corrected chi connectivity index (χ3v) is 3.14. The molecule has 0 bridgehead atoms. The van der Waals surface area contributed by atoms with Gasteiger partial charge in [0.25, 0.3) is 0 Å². The number of amides is 1. The Hall–Kier alpha value is -1.68. The number of rotatable bonds is 3. The number of nitrogens with one attached hydrogen (secondary N) is 1. The molecule has 1 aromatic heterocycles. The zero-order chi connectivity index (χ0) is 13.8. The molecule has 4 heteroatoms. The van der Waals surface area contributed by atoms with Gasteiger partial charge in [0.1, 0.15) is 5.82 Å². The topological polar surface area (TPSA) is 42.0 Å². The summed E-state index contributed by atoms with van der Waals surface area (Å²) in [6.45, 7) is 3.83. The number of carbonyl (C=O) groups is 1. The first kappa shape index (κ1) is 13.7. The maximum absolute atomic E-state index is 11.5. The van der Waals surface area contributed by atoms with Crippen molar-refractivity contribution >= 4 is 27.7 Å². The molecule has 1 aromatic carbocycles. The van der Waals surface area contributed by atoms with Crippen molar-refractivity contribution in [2.45, 2.75) is 18.7 Å². The van der Waals surface area contributed by atoms with Gasteiger partial charge in [0.05, 0.1) is 4.83 Å². The van der Waals surface area contributed by atoms with Gasteiger partial charge in [-0.1, -0.05) is 45.8 Å². The summed E-state index contributed by atoms with van der Waals surface area (Å²) in [6, 6.07) is 12.0. The minimum absolute atomic E-state index is 0.101. The number of anilines is 1. The highest BCUT2D eigenvalue weighted by molar-refractivity contribution is 9.10. The molecule has 3 nitrogen and oxygen atoms in total. The molecule has 1 atom stereocenters. The predicted octanol–water partition coefficient (Wildman–Crippen LogP) is 3.78. The number of alkyl halides is 1. The minimum Gasteiger partial charge on any atom is -0.310 e. The average Bonchev–Trinajstić information content (AvgIpc) is 2.39. The molecule has 0 radical (unpaired) electrons. The lowest BCUT2D eigenvalue weighted by Crippen LogP contribution is -2.20. The van der Waals surface area contributed by atoms with Crippen LogP contribution in [0, 0.1) is 6.92 Å². The smallest absolute Gasteiger partial charge is 0.239 e. The largest absolute Gasteiger partial charge is 0.310 e. The molecular formula is C15H15BrN2O. The second-order valence-corrected chi connectivity index (χ2v) is 5.78. The van der Waals surface area contributed by atoms with Gasteiger partial charge in [0, 0.05) is 11.8 Å². The van der Waals surface area contributed by atoms with E-state index in [2.05, 4.69) is 45.3 Å². The van der Waals surface area contributed by atoms with E-state index < -0.39 is 0 Å². The summed E-state index contributed by atoms with van der Waals surface area (Å²) in [7, 11) is 0. The van der Waals surface area contributed by atoms with Crippen molar-refractivity contribution in [3.8, 4) is 11.1 Å². The third kappa shape index (κ3) is 3.64. The Morgan fingerprint density at radius 3 is 2.63 bits per heavy atom. The summed E-state index contributed by atoms with van der Waals surface area (Å²) in [4.78, 5) is 15.5. The zero-order valence-corrected chi connectivity index (χ0v) is 12.4. The Balaban J connectivity index is 2.17. The summed E-state index contributed by atoms with van der Waals surface area (Å²) in [5.74, 6) is 0.462. The zero-order valence-electron chi connectivity index (χ0n) is 10.9. The average molecular weight is 319 g/mol. The van der Waals surface area contributed by atoms with Crippen molar-refractivity contribution < 1.29 is 4.79 Å². The van der Waals surface area contributed by atoms with Crippen LogP contribution in [0.1, 0.15) is 12.5 Å². The van der Waals surface area contributed by atoms with Gasteiger partial charge in [-0.05, 0) is 31.5 Å². The van der Waals surface area contributed by atoms with E-state index in [0.29, 0.717) is 5.82 Å². The van der Waals surface area contributed by atoms with E-state index in [1.54, 1.807) is 13.1 Å². The number of aryl methyl sites for hydroxylation is 1. The standard InChI is InChI=1S/C15H15BrN2O/c1-10-4-3-5-12(8-10)13-6-7-14(17-9-13)18-15(19)11(2)16/h3-9,11H,1-2H3,(H,17,18,19). The van der Waals surface area contributed by atoms with E-state index >= 15 is 0 Å². The van der Waals surface area contributed by atoms with Gasteiger partial charge >= 0.3 is 0 Å². The quantitative estimate of drug-likeness (QED) is 0.875. The molecule has 98 valence electrons. The molecule has 0 aliphatic rings. The van der Waals surface area contributed by atoms with Crippen LogP contribution >= 0.6 is 15.9 Å². The first-order valence-corrected chi connectivity index (χ1v) is 6.96. The predicted molar refractivity (Wildman–Crippen MR) is 81.4 cm³/mol. The molecule has 19 heavy (non-hydrogen) atoms. The number of benzene rings is 1. The normalized spacial score (nSPS) is 11.9. The maximum atomic E-state index is 11.5. The molecule has 0 aliphatic heterocycles. The number of nitrogens with zero attached hydrogens (tertiary/aromatic N) is 1. The Morgan fingerprint density at radius 1 is 1.26 bits per heavy atom. The van der Waals surface area contributed by atoms with Crippen molar-refractivity contribution in [2.24, 2.45) is 0 Å². The first-order chi connectivity index (χ1) is 9.06. The molecule has 2 aromatic rings. The van der Waals surface area contributed by atoms with Crippen LogP contribution in [0.25, 0.3) is 11.1 Å². The molecular weight excluding hydrogens is 304 g/mol. The number of hydrogen-bond donors (Lipinski definition) is 1. The summed E-state index contributed by atoms with van der Waals surface area (Å²) in [5, 5.41) is 2.73. The second kappa shape index (κ2) is 5.97. The number of hydrogen-bond acceptors (Lipinski definition) is 2. The highest BCUT2D eigenvalue weighted by atomic mass is 79.9. The van der Waals surface area contributed by atoms with Gasteiger partial charge in [-0.2, -0.15) is 0 Å². The van der Waals surface area contributed by atoms with Crippen LogP contribution in [0.4, 0.5) is 5.82 Å². The molecule has 1 amide bonds. The van der Waals surface area contributed by atoms with Crippen LogP contribution in [-0.4, -0.2) is 15.7 Å². The van der Waals surface area contributed by atoms with E-state index in [-0.39, 0.29) is 10.7 Å². The molecule has 0 fully saturated rings. The van der Waals surface area contributed by atoms with Crippen LogP contribution in [0.15, 0.2) is 42.6 Å². The van der Waals surface area contributed by atoms with Crippen LogP contribution in [0.3, 0.4) is 0 Å². The molecule has 1 unspecified atom stereocenters. The highest BCUT2D eigenvalue weighted by Crippen LogP contribution is 2.20. The fourth-order valence-electron chi connectivity index (χ4n) is 1.69. The van der Waals surface area contributed by atoms with Gasteiger partial charge in [-0.3, -0.25) is 4.79 Å². The summed E-state index contributed by atoms with van der Waals surface area (Å²) in [6.07, 6.45) is 1.77. The lowest BCUT2D eigenvalue weighted by atomic mass is 10.1. The van der Waals surface area contributed by atoms with E-state index in [9.17, 15) is 4.79 Å². The number of halogens is 1. The van der Waals surface area contributed by atoms with E-state index in [1.165, 1.54) is 5.56 Å². The first-order valence-electron chi connectivity index (χ1n) is 6.04. The van der Waals surface area contributed by atoms with E-state index in [1.807, 2.05) is 24.3 Å². The van der Waals surface area contributed by atoms with Crippen molar-refractivity contribution in [1.29, 1.82) is 0 Å². The third-order valence-electron chi connectivity index (χ3n) is 2.73. The molecule has 2 rings (SSSR count). The van der Waals surface area contributed by atoms with Gasteiger partial charge < -0.3 is 5.32 Å². The van der Waals surface area contributed by atoms with Crippen molar-refractivity contribution in [1.82, 2.24) is 4.98 Å². The van der Waals surface area contributed by atoms with Gasteiger partial charge in [-0.15, -0.1) is 0 Å². The molecule has 1 N–H and O–H groups in total. The summed E-state index contributed by atoms with van der Waals surface area (Å²) < 4.78 is 0. The molecule has 0 saturated heterocycles. The molecule has 0 aliphatic carbocycles. The fraction of sp³-hybridized carbons (Fsp3) is 0.200. The van der Waals surface area contributed by atoms with Crippen molar-refractivity contribution in [3.05, 3.63) is 48.2 Å². The second-order valence-electron chi connectivity index (χ2n) is 4.41. The van der Waals surface area contributed by atoms with Crippen molar-refractivity contribution in [2.75, 3.05) is 5.32 Å². The van der Waals surface area contributed by atoms with Gasteiger partial charge in [-0.25, -0.2) is 4.98 Å². The van der Waals surface area contributed by atoms with E-state index in [0.717, 1.165) is 11.1 Å². The van der Waals surface area contributed by atoms with E-state index in [4.69, 9.17) is 0 Å². The summed E-state index contributed by atoms with van der Waals surface area (Å²) >= 11 is 3.22. The minimum atomic E-state index is -0.231. The van der Waals surface area contributed by atoms with Crippen LogP contribution in [0.5, 0.6) is 0 Å². The van der Waals surface area contributed by atoms with Gasteiger partial charge in [0.2, 0.25) is 5.91 Å².